The second-order valence-corrected chi connectivity index (χ2v) is 13.9. The lowest BCUT2D eigenvalue weighted by Crippen LogP contribution is -2.59. The maximum atomic E-state index is 14.8. The smallest absolute Gasteiger partial charge is 0.422 e. The standard InChI is InChI=1S/C37H45F2N5O8/c1-37(2,3)31(42-35(47)49-4)33(46)41-28(18-22-11-13-23(14-12-22)25-9-7-16-40-32(25)39)29(45)20-44(19-24-8-5-6-10-27(24)38)43-36(48)52-30-21-51-34-26(30)15-17-50-34/h5-14,16,26,28-31,34,45H,15,17-21H2,1-4H3,(H,41,46)(H,42,47)(H,43,48). The molecule has 15 heteroatoms. The highest BCUT2D eigenvalue weighted by Gasteiger charge is 2.44. The Morgan fingerprint density at radius 2 is 1.77 bits per heavy atom. The molecule has 3 amide bonds. The molecule has 4 N–H and O–H groups in total. The highest BCUT2D eigenvalue weighted by molar-refractivity contribution is 5.86. The zero-order valence-corrected chi connectivity index (χ0v) is 29.5. The summed E-state index contributed by atoms with van der Waals surface area (Å²) in [5, 5.41) is 18.5. The molecule has 6 atom stereocenters. The van der Waals surface area contributed by atoms with Crippen LogP contribution >= 0.6 is 0 Å². The number of hydrazine groups is 1. The van der Waals surface area contributed by atoms with Crippen molar-refractivity contribution < 1.29 is 47.2 Å². The molecule has 2 aliphatic heterocycles. The summed E-state index contributed by atoms with van der Waals surface area (Å²) in [6.45, 7) is 5.49. The Labute approximate surface area is 300 Å². The van der Waals surface area contributed by atoms with Crippen LogP contribution in [0.2, 0.25) is 0 Å². The number of nitrogens with zero attached hydrogens (tertiary/aromatic N) is 2. The largest absolute Gasteiger partial charge is 0.453 e. The second kappa shape index (κ2) is 17.2. The number of ether oxygens (including phenoxy) is 4. The Morgan fingerprint density at radius 3 is 2.46 bits per heavy atom. The van der Waals surface area contributed by atoms with Gasteiger partial charge in [-0.05, 0) is 47.6 Å². The molecule has 0 spiro atoms. The molecule has 0 bridgehead atoms. The number of aliphatic hydroxyl groups is 1. The Kier molecular flexibility index (Phi) is 12.8. The second-order valence-electron chi connectivity index (χ2n) is 13.9. The van der Waals surface area contributed by atoms with Crippen molar-refractivity contribution in [2.24, 2.45) is 11.3 Å². The Bertz CT molecular complexity index is 1690. The van der Waals surface area contributed by atoms with E-state index in [2.05, 4.69) is 21.0 Å². The fraction of sp³-hybridized carbons (Fsp3) is 0.459. The molecule has 3 heterocycles. The van der Waals surface area contributed by atoms with Crippen molar-refractivity contribution >= 4 is 18.1 Å². The lowest BCUT2D eigenvalue weighted by molar-refractivity contribution is -0.127. The van der Waals surface area contributed by atoms with E-state index in [1.54, 1.807) is 69.3 Å². The van der Waals surface area contributed by atoms with Crippen LogP contribution in [0.3, 0.4) is 0 Å². The predicted molar refractivity (Wildman–Crippen MR) is 184 cm³/mol. The van der Waals surface area contributed by atoms with E-state index >= 15 is 0 Å². The fourth-order valence-electron chi connectivity index (χ4n) is 6.25. The first-order chi connectivity index (χ1) is 24.8. The van der Waals surface area contributed by atoms with Crippen LogP contribution in [0.15, 0.2) is 66.9 Å². The number of fused-ring (bicyclic) bond motifs is 1. The first-order valence-electron chi connectivity index (χ1n) is 17.0. The van der Waals surface area contributed by atoms with Crippen LogP contribution in [0.1, 0.15) is 38.3 Å². The van der Waals surface area contributed by atoms with Gasteiger partial charge in [0.05, 0.1) is 38.4 Å². The Balaban J connectivity index is 1.38. The lowest BCUT2D eigenvalue weighted by Gasteiger charge is -2.34. The van der Waals surface area contributed by atoms with E-state index in [9.17, 15) is 28.3 Å². The van der Waals surface area contributed by atoms with E-state index in [1.165, 1.54) is 30.4 Å². The van der Waals surface area contributed by atoms with Gasteiger partial charge in [0, 0.05) is 30.4 Å². The number of halogens is 2. The van der Waals surface area contributed by atoms with Crippen LogP contribution in [0.4, 0.5) is 18.4 Å². The number of aliphatic hydroxyl groups excluding tert-OH is 1. The fourth-order valence-corrected chi connectivity index (χ4v) is 6.25. The summed E-state index contributed by atoms with van der Waals surface area (Å²) in [7, 11) is 1.18. The molecular formula is C37H45F2N5O8. The quantitative estimate of drug-likeness (QED) is 0.149. The summed E-state index contributed by atoms with van der Waals surface area (Å²) in [6, 6.07) is 14.0. The van der Waals surface area contributed by atoms with E-state index in [-0.39, 0.29) is 37.6 Å². The molecule has 0 aliphatic carbocycles. The van der Waals surface area contributed by atoms with Gasteiger partial charge >= 0.3 is 12.2 Å². The van der Waals surface area contributed by atoms with E-state index in [0.717, 1.165) is 0 Å². The van der Waals surface area contributed by atoms with Gasteiger partial charge in [0.15, 0.2) is 6.29 Å². The van der Waals surface area contributed by atoms with Crippen molar-refractivity contribution in [1.29, 1.82) is 0 Å². The van der Waals surface area contributed by atoms with Gasteiger partial charge in [0.1, 0.15) is 18.0 Å². The maximum absolute atomic E-state index is 14.8. The third-order valence-electron chi connectivity index (χ3n) is 9.07. The Morgan fingerprint density at radius 1 is 1.02 bits per heavy atom. The van der Waals surface area contributed by atoms with Crippen LogP contribution in [0.5, 0.6) is 0 Å². The zero-order chi connectivity index (χ0) is 37.4. The number of rotatable bonds is 13. The third kappa shape index (κ3) is 10.00. The van der Waals surface area contributed by atoms with Crippen LogP contribution in [0, 0.1) is 23.1 Å². The molecule has 52 heavy (non-hydrogen) atoms. The molecule has 3 aromatic rings. The Hall–Kier alpha value is -4.70. The molecule has 1 aromatic heterocycles. The first-order valence-corrected chi connectivity index (χ1v) is 17.0. The number of alkyl carbamates (subject to hydrolysis) is 1. The maximum Gasteiger partial charge on any atom is 0.422 e. The number of amides is 3. The number of nitrogens with one attached hydrogen (secondary N) is 3. The van der Waals surface area contributed by atoms with Gasteiger partial charge in [0.25, 0.3) is 0 Å². The third-order valence-corrected chi connectivity index (χ3v) is 9.07. The van der Waals surface area contributed by atoms with Crippen molar-refractivity contribution in [2.75, 3.05) is 26.9 Å². The van der Waals surface area contributed by atoms with Crippen LogP contribution in [-0.4, -0.2) is 90.6 Å². The number of carbonyl (C=O) groups excluding carboxylic acids is 3. The first kappa shape index (κ1) is 38.5. The van der Waals surface area contributed by atoms with Crippen molar-refractivity contribution in [3.05, 3.63) is 89.8 Å². The average Bonchev–Trinajstić information content (AvgIpc) is 3.73. The molecule has 2 fully saturated rings. The molecular weight excluding hydrogens is 680 g/mol. The molecule has 2 aliphatic rings. The van der Waals surface area contributed by atoms with E-state index in [4.69, 9.17) is 18.9 Å². The molecule has 2 aromatic carbocycles. The molecule has 13 nitrogen and oxygen atoms in total. The molecule has 0 radical (unpaired) electrons. The van der Waals surface area contributed by atoms with Crippen LogP contribution in [0.25, 0.3) is 11.1 Å². The highest BCUT2D eigenvalue weighted by Crippen LogP contribution is 2.33. The number of carbonyl (C=O) groups is 3. The van der Waals surface area contributed by atoms with Gasteiger partial charge in [-0.25, -0.2) is 24.0 Å². The summed E-state index contributed by atoms with van der Waals surface area (Å²) in [5.74, 6) is -1.87. The summed E-state index contributed by atoms with van der Waals surface area (Å²) in [5.41, 5.74) is 3.66. The van der Waals surface area contributed by atoms with Crippen molar-refractivity contribution in [2.45, 2.75) is 70.7 Å². The minimum atomic E-state index is -1.37. The minimum absolute atomic E-state index is 0.0816. The van der Waals surface area contributed by atoms with Gasteiger partial charge in [-0.2, -0.15) is 4.39 Å². The monoisotopic (exact) mass is 725 g/mol. The van der Waals surface area contributed by atoms with Gasteiger partial charge < -0.3 is 34.7 Å². The summed E-state index contributed by atoms with van der Waals surface area (Å²) >= 11 is 0. The van der Waals surface area contributed by atoms with Crippen molar-refractivity contribution in [3.63, 3.8) is 0 Å². The number of pyridine rings is 1. The van der Waals surface area contributed by atoms with E-state index in [0.29, 0.717) is 29.7 Å². The van der Waals surface area contributed by atoms with Gasteiger partial charge in [-0.1, -0.05) is 63.2 Å². The SMILES string of the molecule is COC(=O)NC(C(=O)NC(Cc1ccc(-c2cccnc2F)cc1)C(O)CN(Cc1ccccc1F)NC(=O)OC1COC2OCCC12)C(C)(C)C. The van der Waals surface area contributed by atoms with Crippen molar-refractivity contribution in [1.82, 2.24) is 26.1 Å². The predicted octanol–water partition coefficient (Wildman–Crippen LogP) is 4.09. The molecule has 5 rings (SSSR count). The number of aromatic nitrogens is 1. The lowest BCUT2D eigenvalue weighted by atomic mass is 9.85. The summed E-state index contributed by atoms with van der Waals surface area (Å²) < 4.78 is 50.7. The topological polar surface area (TPSA) is 161 Å². The molecule has 0 saturated carbocycles. The van der Waals surface area contributed by atoms with Crippen LogP contribution < -0.4 is 16.1 Å². The molecule has 280 valence electrons. The van der Waals surface area contributed by atoms with Crippen molar-refractivity contribution in [3.8, 4) is 11.1 Å². The highest BCUT2D eigenvalue weighted by atomic mass is 19.1. The molecule has 2 saturated heterocycles. The summed E-state index contributed by atoms with van der Waals surface area (Å²) in [6.07, 6.45) is -1.91. The molecule has 6 unspecified atom stereocenters. The zero-order valence-electron chi connectivity index (χ0n) is 29.5. The van der Waals surface area contributed by atoms with Gasteiger partial charge in [0.2, 0.25) is 11.9 Å². The van der Waals surface area contributed by atoms with Gasteiger partial charge in [-0.3, -0.25) is 10.2 Å². The average molecular weight is 726 g/mol. The number of methoxy groups -OCH3 is 1. The van der Waals surface area contributed by atoms with Gasteiger partial charge in [-0.15, -0.1) is 0 Å². The van der Waals surface area contributed by atoms with Crippen LogP contribution in [-0.2, 0) is 36.7 Å². The normalized spacial score (nSPS) is 20.0. The van der Waals surface area contributed by atoms with E-state index in [1.807, 2.05) is 0 Å². The number of hydrogen-bond donors (Lipinski definition) is 4. The minimum Gasteiger partial charge on any atom is -0.453 e. The number of hydrogen-bond acceptors (Lipinski definition) is 10. The number of benzene rings is 2. The summed E-state index contributed by atoms with van der Waals surface area (Å²) in [4.78, 5) is 42.9. The van der Waals surface area contributed by atoms with E-state index < -0.39 is 65.9 Å².